The largest absolute Gasteiger partial charge is 0.474 e. The Hall–Kier alpha value is -2.80. The molecule has 3 aliphatic rings. The van der Waals surface area contributed by atoms with Gasteiger partial charge in [0.2, 0.25) is 0 Å². The molecule has 4 heterocycles. The molecule has 1 saturated heterocycles. The molecular formula is C24H32N6O. The normalized spacial score (nSPS) is 19.8. The lowest BCUT2D eigenvalue weighted by atomic mass is 9.89. The van der Waals surface area contributed by atoms with Crippen LogP contribution in [-0.4, -0.2) is 58.9 Å². The van der Waals surface area contributed by atoms with Gasteiger partial charge >= 0.3 is 0 Å². The van der Waals surface area contributed by atoms with E-state index in [1.54, 1.807) is 6.08 Å². The van der Waals surface area contributed by atoms with Gasteiger partial charge in [0.15, 0.2) is 11.7 Å². The van der Waals surface area contributed by atoms with Gasteiger partial charge in [0, 0.05) is 44.0 Å². The lowest BCUT2D eigenvalue weighted by Gasteiger charge is -2.44. The Labute approximate surface area is 184 Å². The zero-order valence-corrected chi connectivity index (χ0v) is 18.5. The van der Waals surface area contributed by atoms with E-state index in [1.807, 2.05) is 24.1 Å². The van der Waals surface area contributed by atoms with Crippen LogP contribution in [0.25, 0.3) is 11.4 Å². The van der Waals surface area contributed by atoms with Crippen LogP contribution in [0, 0.1) is 0 Å². The second-order valence-corrected chi connectivity index (χ2v) is 8.78. The number of ether oxygens (including phenoxy) is 1. The first kappa shape index (κ1) is 20.1. The van der Waals surface area contributed by atoms with Gasteiger partial charge in [-0.3, -0.25) is 0 Å². The van der Waals surface area contributed by atoms with Crippen molar-refractivity contribution in [2.45, 2.75) is 50.8 Å². The van der Waals surface area contributed by atoms with Crippen molar-refractivity contribution in [3.05, 3.63) is 54.3 Å². The highest BCUT2D eigenvalue weighted by Gasteiger charge is 2.30. The van der Waals surface area contributed by atoms with Crippen LogP contribution in [0.5, 0.6) is 0 Å². The molecule has 164 valence electrons. The average Bonchev–Trinajstić information content (AvgIpc) is 3.22. The van der Waals surface area contributed by atoms with Crippen LogP contribution < -0.4 is 10.2 Å². The molecule has 2 aromatic heterocycles. The average molecular weight is 421 g/mol. The summed E-state index contributed by atoms with van der Waals surface area (Å²) in [7, 11) is 4.16. The van der Waals surface area contributed by atoms with Crippen molar-refractivity contribution in [1.82, 2.24) is 25.0 Å². The monoisotopic (exact) mass is 420 g/mol. The van der Waals surface area contributed by atoms with E-state index >= 15 is 0 Å². The molecule has 0 atom stereocenters. The number of allylic oxidation sites excluding steroid dienone is 2. The van der Waals surface area contributed by atoms with E-state index in [0.717, 1.165) is 47.8 Å². The number of fused-ring (bicyclic) bond motifs is 1. The first-order valence-electron chi connectivity index (χ1n) is 11.4. The van der Waals surface area contributed by atoms with E-state index in [2.05, 4.69) is 40.9 Å². The summed E-state index contributed by atoms with van der Waals surface area (Å²) in [5.41, 5.74) is 4.01. The summed E-state index contributed by atoms with van der Waals surface area (Å²) in [6.07, 6.45) is 12.4. The number of anilines is 1. The highest BCUT2D eigenvalue weighted by atomic mass is 16.5. The Morgan fingerprint density at radius 2 is 1.97 bits per heavy atom. The summed E-state index contributed by atoms with van der Waals surface area (Å²) >= 11 is 0. The number of rotatable bonds is 6. The first-order chi connectivity index (χ1) is 15.2. The predicted octanol–water partition coefficient (Wildman–Crippen LogP) is 3.32. The minimum atomic E-state index is 0.491. The van der Waals surface area contributed by atoms with Crippen molar-refractivity contribution < 1.29 is 4.74 Å². The van der Waals surface area contributed by atoms with Crippen molar-refractivity contribution in [3.63, 3.8) is 0 Å². The van der Waals surface area contributed by atoms with Crippen molar-refractivity contribution >= 4 is 11.3 Å². The number of piperidine rings is 1. The summed E-state index contributed by atoms with van der Waals surface area (Å²) in [6.45, 7) is 6.59. The van der Waals surface area contributed by atoms with Gasteiger partial charge in [0.1, 0.15) is 12.3 Å². The molecule has 0 spiro atoms. The Morgan fingerprint density at radius 3 is 2.58 bits per heavy atom. The van der Waals surface area contributed by atoms with Gasteiger partial charge in [0.05, 0.1) is 17.5 Å². The number of pyridine rings is 1. The third-order valence-corrected chi connectivity index (χ3v) is 7.12. The Bertz CT molecular complexity index is 966. The zero-order chi connectivity index (χ0) is 21.4. The quantitative estimate of drug-likeness (QED) is 0.774. The van der Waals surface area contributed by atoms with Gasteiger partial charge in [0.25, 0.3) is 0 Å². The molecule has 2 fully saturated rings. The van der Waals surface area contributed by atoms with Gasteiger partial charge in [-0.15, -0.1) is 0 Å². The number of hydrogen-bond acceptors (Lipinski definition) is 6. The van der Waals surface area contributed by atoms with Gasteiger partial charge in [-0.25, -0.2) is 9.67 Å². The minimum absolute atomic E-state index is 0.491. The fourth-order valence-corrected chi connectivity index (χ4v) is 4.92. The van der Waals surface area contributed by atoms with Crippen LogP contribution in [0.1, 0.15) is 43.4 Å². The van der Waals surface area contributed by atoms with Crippen LogP contribution >= 0.6 is 0 Å². The van der Waals surface area contributed by atoms with Crippen molar-refractivity contribution in [2.24, 2.45) is 0 Å². The molecule has 0 amide bonds. The molecule has 7 heteroatoms. The van der Waals surface area contributed by atoms with Crippen LogP contribution in [0.3, 0.4) is 0 Å². The second-order valence-electron chi connectivity index (χ2n) is 8.78. The van der Waals surface area contributed by atoms with E-state index in [1.165, 1.54) is 37.8 Å². The molecule has 7 nitrogen and oxygen atoms in total. The second kappa shape index (κ2) is 8.38. The third kappa shape index (κ3) is 3.71. The SMILES string of the molecule is C=CC1=C(NC)OCc2cn(-c3ccc(N4CCC(N(C)C5CCC5)CC4)cn3)nc21. The predicted molar refractivity (Wildman–Crippen MR) is 123 cm³/mol. The minimum Gasteiger partial charge on any atom is -0.474 e. The summed E-state index contributed by atoms with van der Waals surface area (Å²) in [4.78, 5) is 9.81. The maximum Gasteiger partial charge on any atom is 0.196 e. The van der Waals surface area contributed by atoms with Crippen LogP contribution in [0.4, 0.5) is 5.69 Å². The Kier molecular flexibility index (Phi) is 5.44. The summed E-state index contributed by atoms with van der Waals surface area (Å²) in [6, 6.07) is 5.76. The summed E-state index contributed by atoms with van der Waals surface area (Å²) in [5.74, 6) is 1.52. The fraction of sp³-hybridized carbons (Fsp3) is 0.500. The molecule has 5 rings (SSSR count). The third-order valence-electron chi connectivity index (χ3n) is 7.12. The lowest BCUT2D eigenvalue weighted by molar-refractivity contribution is 0.0953. The van der Waals surface area contributed by atoms with Gasteiger partial charge in [-0.05, 0) is 44.9 Å². The molecule has 1 saturated carbocycles. The molecule has 1 N–H and O–H groups in total. The molecule has 0 unspecified atom stereocenters. The van der Waals surface area contributed by atoms with Gasteiger partial charge in [-0.2, -0.15) is 5.10 Å². The molecule has 0 radical (unpaired) electrons. The molecule has 31 heavy (non-hydrogen) atoms. The highest BCUT2D eigenvalue weighted by molar-refractivity contribution is 5.75. The maximum absolute atomic E-state index is 5.77. The van der Waals surface area contributed by atoms with Crippen LogP contribution in [-0.2, 0) is 11.3 Å². The Morgan fingerprint density at radius 1 is 1.19 bits per heavy atom. The molecule has 0 aromatic carbocycles. The molecular weight excluding hydrogens is 388 g/mol. The van der Waals surface area contributed by atoms with Gasteiger partial charge < -0.3 is 19.9 Å². The number of nitrogens with one attached hydrogen (secondary N) is 1. The van der Waals surface area contributed by atoms with E-state index in [0.29, 0.717) is 12.5 Å². The number of hydrogen-bond donors (Lipinski definition) is 1. The fourth-order valence-electron chi connectivity index (χ4n) is 4.92. The van der Waals surface area contributed by atoms with Crippen LogP contribution in [0.15, 0.2) is 43.1 Å². The van der Waals surface area contributed by atoms with E-state index < -0.39 is 0 Å². The maximum atomic E-state index is 5.77. The standard InChI is InChI=1S/C24H32N6O/c1-4-21-23-17(16-31-24(21)25-2)15-30(27-23)22-9-8-20(14-26-22)29-12-10-19(11-13-29)28(3)18-6-5-7-18/h4,8-9,14-15,18-19,25H,1,5-7,10-13,16H2,2-3H3. The van der Waals surface area contributed by atoms with Crippen molar-refractivity contribution in [3.8, 4) is 5.82 Å². The van der Waals surface area contributed by atoms with Gasteiger partial charge in [-0.1, -0.05) is 19.1 Å². The van der Waals surface area contributed by atoms with Crippen molar-refractivity contribution in [2.75, 3.05) is 32.1 Å². The number of aromatic nitrogens is 3. The smallest absolute Gasteiger partial charge is 0.196 e. The molecule has 2 aliphatic heterocycles. The lowest BCUT2D eigenvalue weighted by Crippen LogP contribution is -2.49. The zero-order valence-electron chi connectivity index (χ0n) is 18.5. The van der Waals surface area contributed by atoms with E-state index in [-0.39, 0.29) is 0 Å². The van der Waals surface area contributed by atoms with E-state index in [9.17, 15) is 0 Å². The number of nitrogens with zero attached hydrogens (tertiary/aromatic N) is 5. The van der Waals surface area contributed by atoms with E-state index in [4.69, 9.17) is 14.8 Å². The Balaban J connectivity index is 1.27. The van der Waals surface area contributed by atoms with Crippen molar-refractivity contribution in [1.29, 1.82) is 0 Å². The summed E-state index contributed by atoms with van der Waals surface area (Å²) < 4.78 is 7.60. The first-order valence-corrected chi connectivity index (χ1v) is 11.4. The van der Waals surface area contributed by atoms with Crippen LogP contribution in [0.2, 0.25) is 0 Å². The topological polar surface area (TPSA) is 58.5 Å². The highest BCUT2D eigenvalue weighted by Crippen LogP contribution is 2.31. The molecule has 1 aliphatic carbocycles. The molecule has 2 aromatic rings. The molecule has 0 bridgehead atoms. The summed E-state index contributed by atoms with van der Waals surface area (Å²) in [5, 5.41) is 7.83.